The second-order valence-corrected chi connectivity index (χ2v) is 8.13. The van der Waals surface area contributed by atoms with Crippen LogP contribution in [-0.4, -0.2) is 40.4 Å². The van der Waals surface area contributed by atoms with Gasteiger partial charge in [-0.2, -0.15) is 13.2 Å². The fraction of sp³-hybridized carbons (Fsp3) is 0.227. The summed E-state index contributed by atoms with van der Waals surface area (Å²) >= 11 is 1.77. The second kappa shape index (κ2) is 10.6. The lowest BCUT2D eigenvalue weighted by Gasteiger charge is -2.09. The fourth-order valence-corrected chi connectivity index (χ4v) is 4.35. The third-order valence-corrected chi connectivity index (χ3v) is 5.92. The van der Waals surface area contributed by atoms with Gasteiger partial charge in [-0.25, -0.2) is 9.97 Å². The van der Waals surface area contributed by atoms with Crippen LogP contribution in [0.1, 0.15) is 10.6 Å². The smallest absolute Gasteiger partial charge is 0.399 e. The van der Waals surface area contributed by atoms with Crippen LogP contribution in [0.3, 0.4) is 0 Å². The number of nitrogens with two attached hydrogens (primary N) is 2. The van der Waals surface area contributed by atoms with Gasteiger partial charge in [0, 0.05) is 47.4 Å². The van der Waals surface area contributed by atoms with Crippen molar-refractivity contribution in [3.05, 3.63) is 59.4 Å². The van der Waals surface area contributed by atoms with Gasteiger partial charge in [0.25, 0.3) is 0 Å². The third-order valence-electron chi connectivity index (χ3n) is 4.78. The van der Waals surface area contributed by atoms with E-state index >= 15 is 0 Å². The SMILES string of the molecule is C=O.NCC(F)(F)F.Nc1cccc(-c2cnc3cc(-c4nc5c(s4)CNCC5)ccn23)c1. The number of imidazole rings is 1. The van der Waals surface area contributed by atoms with Crippen molar-refractivity contribution < 1.29 is 18.0 Å². The van der Waals surface area contributed by atoms with Gasteiger partial charge in [-0.15, -0.1) is 11.3 Å². The van der Waals surface area contributed by atoms with E-state index in [1.54, 1.807) is 11.3 Å². The van der Waals surface area contributed by atoms with Gasteiger partial charge in [-0.1, -0.05) is 12.1 Å². The molecule has 7 nitrogen and oxygen atoms in total. The maximum Gasteiger partial charge on any atom is 0.400 e. The van der Waals surface area contributed by atoms with Crippen LogP contribution in [0.15, 0.2) is 48.8 Å². The zero-order valence-corrected chi connectivity index (χ0v) is 18.4. The normalized spacial score (nSPS) is 12.8. The highest BCUT2D eigenvalue weighted by molar-refractivity contribution is 7.15. The Bertz CT molecular complexity index is 1200. The number of nitrogens with one attached hydrogen (secondary N) is 1. The molecule has 0 amide bonds. The van der Waals surface area contributed by atoms with E-state index in [1.807, 2.05) is 31.2 Å². The van der Waals surface area contributed by atoms with E-state index in [0.717, 1.165) is 52.7 Å². The lowest BCUT2D eigenvalue weighted by Crippen LogP contribution is -2.22. The van der Waals surface area contributed by atoms with Crippen LogP contribution < -0.4 is 16.8 Å². The third kappa shape index (κ3) is 5.95. The Morgan fingerprint density at radius 3 is 2.61 bits per heavy atom. The molecule has 0 saturated heterocycles. The molecular formula is C22H23F3N6OS. The summed E-state index contributed by atoms with van der Waals surface area (Å²) in [7, 11) is 0. The first-order valence-electron chi connectivity index (χ1n) is 9.92. The summed E-state index contributed by atoms with van der Waals surface area (Å²) in [5.41, 5.74) is 16.2. The Labute approximate surface area is 192 Å². The number of thiazole rings is 1. The van der Waals surface area contributed by atoms with Crippen LogP contribution in [0.5, 0.6) is 0 Å². The highest BCUT2D eigenvalue weighted by Crippen LogP contribution is 2.31. The molecule has 11 heteroatoms. The number of carbonyl (C=O) groups excluding carboxylic acids is 1. The molecule has 0 bridgehead atoms. The second-order valence-electron chi connectivity index (χ2n) is 7.05. The lowest BCUT2D eigenvalue weighted by molar-refractivity contribution is -0.118. The first-order chi connectivity index (χ1) is 15.8. The van der Waals surface area contributed by atoms with Crippen molar-refractivity contribution in [3.63, 3.8) is 0 Å². The number of benzene rings is 1. The molecule has 0 saturated carbocycles. The van der Waals surface area contributed by atoms with E-state index in [0.29, 0.717) is 0 Å². The van der Waals surface area contributed by atoms with E-state index in [1.165, 1.54) is 10.6 Å². The minimum absolute atomic E-state index is 0.756. The molecule has 0 unspecified atom stereocenters. The molecule has 4 aromatic rings. The van der Waals surface area contributed by atoms with E-state index in [9.17, 15) is 13.2 Å². The molecule has 0 atom stereocenters. The highest BCUT2D eigenvalue weighted by atomic mass is 32.1. The number of rotatable bonds is 2. The zero-order chi connectivity index (χ0) is 24.0. The van der Waals surface area contributed by atoms with Crippen LogP contribution in [0.4, 0.5) is 18.9 Å². The molecule has 1 aromatic carbocycles. The van der Waals surface area contributed by atoms with Crippen LogP contribution in [0.2, 0.25) is 0 Å². The van der Waals surface area contributed by atoms with Gasteiger partial charge in [0.15, 0.2) is 0 Å². The van der Waals surface area contributed by atoms with Crippen LogP contribution in [0.25, 0.3) is 27.5 Å². The minimum Gasteiger partial charge on any atom is -0.399 e. The van der Waals surface area contributed by atoms with Gasteiger partial charge in [-0.3, -0.25) is 4.40 Å². The molecule has 3 aromatic heterocycles. The van der Waals surface area contributed by atoms with E-state index < -0.39 is 12.7 Å². The Balaban J connectivity index is 0.000000336. The molecule has 33 heavy (non-hydrogen) atoms. The summed E-state index contributed by atoms with van der Waals surface area (Å²) in [6.07, 6.45) is 0.788. The van der Waals surface area contributed by atoms with Gasteiger partial charge in [0.1, 0.15) is 17.4 Å². The average molecular weight is 477 g/mol. The van der Waals surface area contributed by atoms with E-state index in [4.69, 9.17) is 15.5 Å². The number of nitrogens with zero attached hydrogens (tertiary/aromatic N) is 3. The predicted molar refractivity (Wildman–Crippen MR) is 124 cm³/mol. The Morgan fingerprint density at radius 1 is 1.18 bits per heavy atom. The predicted octanol–water partition coefficient (Wildman–Crippen LogP) is 3.68. The number of hydrogen-bond donors (Lipinski definition) is 3. The molecule has 1 aliphatic heterocycles. The number of hydrogen-bond acceptors (Lipinski definition) is 7. The van der Waals surface area contributed by atoms with Crippen LogP contribution in [0, 0.1) is 0 Å². The number of halogens is 3. The maximum absolute atomic E-state index is 10.7. The van der Waals surface area contributed by atoms with Gasteiger partial charge >= 0.3 is 6.18 Å². The molecule has 5 rings (SSSR count). The van der Waals surface area contributed by atoms with Crippen molar-refractivity contribution in [1.29, 1.82) is 0 Å². The number of carbonyl (C=O) groups is 1. The molecule has 1 aliphatic rings. The number of alkyl halides is 3. The molecular weight excluding hydrogens is 453 g/mol. The first-order valence-corrected chi connectivity index (χ1v) is 10.7. The Kier molecular flexibility index (Phi) is 7.79. The molecule has 4 heterocycles. The quantitative estimate of drug-likeness (QED) is 0.381. The average Bonchev–Trinajstić information content (AvgIpc) is 3.44. The molecule has 174 valence electrons. The summed E-state index contributed by atoms with van der Waals surface area (Å²) in [5.74, 6) is 0. The molecule has 0 radical (unpaired) electrons. The van der Waals surface area contributed by atoms with Gasteiger partial charge in [-0.05, 0) is 24.3 Å². The van der Waals surface area contributed by atoms with Crippen molar-refractivity contribution in [2.75, 3.05) is 18.8 Å². The van der Waals surface area contributed by atoms with Crippen molar-refractivity contribution in [2.45, 2.75) is 19.1 Å². The zero-order valence-electron chi connectivity index (χ0n) is 17.6. The summed E-state index contributed by atoms with van der Waals surface area (Å²) in [5, 5.41) is 4.48. The monoisotopic (exact) mass is 476 g/mol. The van der Waals surface area contributed by atoms with Crippen LogP contribution >= 0.6 is 11.3 Å². The van der Waals surface area contributed by atoms with Crippen molar-refractivity contribution in [2.24, 2.45) is 5.73 Å². The minimum atomic E-state index is -4.18. The van der Waals surface area contributed by atoms with Crippen LogP contribution in [-0.2, 0) is 17.8 Å². The summed E-state index contributed by atoms with van der Waals surface area (Å²) in [6, 6.07) is 12.1. The molecule has 5 N–H and O–H groups in total. The fourth-order valence-electron chi connectivity index (χ4n) is 3.27. The summed E-state index contributed by atoms with van der Waals surface area (Å²) < 4.78 is 34.1. The topological polar surface area (TPSA) is 111 Å². The van der Waals surface area contributed by atoms with Crippen molar-refractivity contribution in [1.82, 2.24) is 19.7 Å². The van der Waals surface area contributed by atoms with E-state index in [-0.39, 0.29) is 0 Å². The van der Waals surface area contributed by atoms with E-state index in [2.05, 4.69) is 44.8 Å². The molecule has 0 spiro atoms. The summed E-state index contributed by atoms with van der Waals surface area (Å²) in [6.45, 7) is 2.71. The van der Waals surface area contributed by atoms with Gasteiger partial charge < -0.3 is 21.6 Å². The highest BCUT2D eigenvalue weighted by Gasteiger charge is 2.23. The molecule has 0 aliphatic carbocycles. The van der Waals surface area contributed by atoms with Gasteiger partial charge in [0.05, 0.1) is 24.1 Å². The first kappa shape index (κ1) is 24.4. The standard InChI is InChI=1S/C19H17N5S.C2H4F3N.CH2O/c20-14-3-1-2-12(8-14)16-10-22-18-9-13(5-7-24(16)18)19-23-15-4-6-21-11-17(15)25-19;3-2(4,5)1-6;1-2/h1-3,5,7-10,21H,4,6,11,20H2;1,6H2;1H2. The largest absolute Gasteiger partial charge is 0.400 e. The number of nitrogen functional groups attached to an aromatic ring is 1. The van der Waals surface area contributed by atoms with Crippen molar-refractivity contribution >= 4 is 29.5 Å². The molecule has 0 fully saturated rings. The Morgan fingerprint density at radius 2 is 1.94 bits per heavy atom. The number of aromatic nitrogens is 3. The lowest BCUT2D eigenvalue weighted by atomic mass is 10.1. The number of pyridine rings is 1. The Hall–Kier alpha value is -3.28. The number of fused-ring (bicyclic) bond motifs is 2. The summed E-state index contributed by atoms with van der Waals surface area (Å²) in [4.78, 5) is 18.8. The van der Waals surface area contributed by atoms with Crippen molar-refractivity contribution in [3.8, 4) is 21.8 Å². The maximum atomic E-state index is 10.7. The number of anilines is 1. The van der Waals surface area contributed by atoms with Gasteiger partial charge in [0.2, 0.25) is 0 Å².